The van der Waals surface area contributed by atoms with Crippen molar-refractivity contribution in [2.75, 3.05) is 6.61 Å². The van der Waals surface area contributed by atoms with Crippen LogP contribution < -0.4 is 0 Å². The second-order valence-electron chi connectivity index (χ2n) is 7.67. The van der Waals surface area contributed by atoms with Crippen LogP contribution in [0.15, 0.2) is 18.2 Å². The van der Waals surface area contributed by atoms with Gasteiger partial charge in [0.25, 0.3) is 0 Å². The van der Waals surface area contributed by atoms with E-state index in [1.54, 1.807) is 0 Å². The SMILES string of the molecule is CCCCCCCCCCCCOC(=O)CCCC(=O)OCc1ccc(F)c(F)c1. The molecule has 0 aliphatic carbocycles. The summed E-state index contributed by atoms with van der Waals surface area (Å²) in [6.07, 6.45) is 12.9. The van der Waals surface area contributed by atoms with E-state index >= 15 is 0 Å². The highest BCUT2D eigenvalue weighted by Crippen LogP contribution is 2.12. The summed E-state index contributed by atoms with van der Waals surface area (Å²) in [5, 5.41) is 0. The lowest BCUT2D eigenvalue weighted by Crippen LogP contribution is -2.09. The van der Waals surface area contributed by atoms with E-state index in [2.05, 4.69) is 6.92 Å². The molecule has 1 aromatic rings. The molecule has 0 bridgehead atoms. The smallest absolute Gasteiger partial charge is 0.306 e. The molecule has 0 amide bonds. The Morgan fingerprint density at radius 2 is 1.30 bits per heavy atom. The van der Waals surface area contributed by atoms with Gasteiger partial charge in [0.1, 0.15) is 6.61 Å². The first kappa shape index (κ1) is 26.1. The minimum atomic E-state index is -0.978. The lowest BCUT2D eigenvalue weighted by molar-refractivity contribution is -0.146. The van der Waals surface area contributed by atoms with Gasteiger partial charge in [-0.15, -0.1) is 0 Å². The molecule has 0 heterocycles. The minimum Gasteiger partial charge on any atom is -0.466 e. The van der Waals surface area contributed by atoms with Gasteiger partial charge in [-0.25, -0.2) is 8.78 Å². The fraction of sp³-hybridized carbons (Fsp3) is 0.667. The molecule has 0 N–H and O–H groups in total. The molecule has 1 rings (SSSR count). The Balaban J connectivity index is 1.94. The third-order valence-electron chi connectivity index (χ3n) is 4.91. The molecule has 30 heavy (non-hydrogen) atoms. The Morgan fingerprint density at radius 3 is 1.90 bits per heavy atom. The summed E-state index contributed by atoms with van der Waals surface area (Å²) in [6, 6.07) is 3.34. The third-order valence-corrected chi connectivity index (χ3v) is 4.91. The molecule has 0 aliphatic heterocycles. The van der Waals surface area contributed by atoms with Crippen LogP contribution >= 0.6 is 0 Å². The van der Waals surface area contributed by atoms with Gasteiger partial charge >= 0.3 is 11.9 Å². The Kier molecular flexibility index (Phi) is 14.6. The van der Waals surface area contributed by atoms with Gasteiger partial charge in [0.15, 0.2) is 11.6 Å². The normalized spacial score (nSPS) is 10.8. The van der Waals surface area contributed by atoms with Crippen LogP contribution in [0.25, 0.3) is 0 Å². The van der Waals surface area contributed by atoms with Gasteiger partial charge in [-0.1, -0.05) is 70.8 Å². The van der Waals surface area contributed by atoms with Crippen molar-refractivity contribution in [1.82, 2.24) is 0 Å². The van der Waals surface area contributed by atoms with Gasteiger partial charge in [0, 0.05) is 12.8 Å². The lowest BCUT2D eigenvalue weighted by Gasteiger charge is -2.06. The highest BCUT2D eigenvalue weighted by atomic mass is 19.2. The molecule has 0 atom stereocenters. The van der Waals surface area contributed by atoms with Crippen LogP contribution in [-0.4, -0.2) is 18.5 Å². The Morgan fingerprint density at radius 1 is 0.733 bits per heavy atom. The van der Waals surface area contributed by atoms with Crippen LogP contribution in [0.4, 0.5) is 8.78 Å². The van der Waals surface area contributed by atoms with E-state index < -0.39 is 17.6 Å². The lowest BCUT2D eigenvalue weighted by atomic mass is 10.1. The van der Waals surface area contributed by atoms with E-state index in [-0.39, 0.29) is 25.4 Å². The first-order chi connectivity index (χ1) is 14.5. The van der Waals surface area contributed by atoms with Gasteiger partial charge in [-0.2, -0.15) is 0 Å². The first-order valence-corrected chi connectivity index (χ1v) is 11.3. The molecule has 0 unspecified atom stereocenters. The maximum atomic E-state index is 13.1. The molecule has 0 spiro atoms. The monoisotopic (exact) mass is 426 g/mol. The average molecular weight is 427 g/mol. The number of unbranched alkanes of at least 4 members (excludes halogenated alkanes) is 9. The summed E-state index contributed by atoms with van der Waals surface area (Å²) in [7, 11) is 0. The molecule has 0 saturated heterocycles. The Bertz CT molecular complexity index is 619. The molecule has 0 aliphatic rings. The zero-order valence-electron chi connectivity index (χ0n) is 18.2. The number of halogens is 2. The van der Waals surface area contributed by atoms with Gasteiger partial charge in [0.05, 0.1) is 6.61 Å². The van der Waals surface area contributed by atoms with Crippen molar-refractivity contribution in [2.45, 2.75) is 97.0 Å². The second kappa shape index (κ2) is 16.8. The molecule has 0 aromatic heterocycles. The topological polar surface area (TPSA) is 52.6 Å². The van der Waals surface area contributed by atoms with Crippen molar-refractivity contribution in [3.8, 4) is 0 Å². The first-order valence-electron chi connectivity index (χ1n) is 11.3. The number of benzene rings is 1. The highest BCUT2D eigenvalue weighted by Gasteiger charge is 2.09. The van der Waals surface area contributed by atoms with E-state index in [4.69, 9.17) is 9.47 Å². The highest BCUT2D eigenvalue weighted by molar-refractivity contribution is 5.72. The van der Waals surface area contributed by atoms with Crippen molar-refractivity contribution < 1.29 is 27.8 Å². The van der Waals surface area contributed by atoms with Crippen molar-refractivity contribution >= 4 is 11.9 Å². The van der Waals surface area contributed by atoms with Crippen LogP contribution in [0.1, 0.15) is 96.0 Å². The van der Waals surface area contributed by atoms with Gasteiger partial charge in [0.2, 0.25) is 0 Å². The fourth-order valence-electron chi connectivity index (χ4n) is 3.09. The van der Waals surface area contributed by atoms with E-state index in [1.807, 2.05) is 0 Å². The predicted octanol–water partition coefficient (Wildman–Crippen LogP) is 6.64. The second-order valence-corrected chi connectivity index (χ2v) is 7.67. The Labute approximate surface area is 179 Å². The summed E-state index contributed by atoms with van der Waals surface area (Å²) in [5.41, 5.74) is 0.373. The molecule has 0 saturated carbocycles. The van der Waals surface area contributed by atoms with Gasteiger partial charge < -0.3 is 9.47 Å². The maximum absolute atomic E-state index is 13.1. The third kappa shape index (κ3) is 13.3. The van der Waals surface area contributed by atoms with Crippen molar-refractivity contribution in [3.05, 3.63) is 35.4 Å². The molecule has 4 nitrogen and oxygen atoms in total. The van der Waals surface area contributed by atoms with E-state index in [0.717, 1.165) is 25.0 Å². The van der Waals surface area contributed by atoms with Gasteiger partial charge in [-0.05, 0) is 30.5 Å². The fourth-order valence-corrected chi connectivity index (χ4v) is 3.09. The van der Waals surface area contributed by atoms with E-state index in [1.165, 1.54) is 57.4 Å². The standard InChI is InChI=1S/C24H36F2O4/c1-2-3-4-5-6-7-8-9-10-11-17-29-23(27)13-12-14-24(28)30-19-20-15-16-21(25)22(26)18-20/h15-16,18H,2-14,17,19H2,1H3. The van der Waals surface area contributed by atoms with E-state index in [0.29, 0.717) is 18.6 Å². The van der Waals surface area contributed by atoms with Crippen LogP contribution in [0.5, 0.6) is 0 Å². The molecule has 1 aromatic carbocycles. The van der Waals surface area contributed by atoms with Crippen LogP contribution in [0.3, 0.4) is 0 Å². The minimum absolute atomic E-state index is 0.0804. The van der Waals surface area contributed by atoms with E-state index in [9.17, 15) is 18.4 Å². The summed E-state index contributed by atoms with van der Waals surface area (Å²) in [5.74, 6) is -2.71. The number of carbonyl (C=O) groups excluding carboxylic acids is 2. The molecular weight excluding hydrogens is 390 g/mol. The summed E-state index contributed by atoms with van der Waals surface area (Å²) in [6.45, 7) is 2.53. The molecule has 0 fully saturated rings. The number of rotatable bonds is 17. The van der Waals surface area contributed by atoms with Crippen LogP contribution in [0, 0.1) is 11.6 Å². The predicted molar refractivity (Wildman–Crippen MR) is 113 cm³/mol. The number of hydrogen-bond acceptors (Lipinski definition) is 4. The van der Waals surface area contributed by atoms with Crippen LogP contribution in [-0.2, 0) is 25.7 Å². The zero-order valence-corrected chi connectivity index (χ0v) is 18.2. The van der Waals surface area contributed by atoms with Crippen molar-refractivity contribution in [2.24, 2.45) is 0 Å². The largest absolute Gasteiger partial charge is 0.466 e. The number of carbonyl (C=O) groups is 2. The molecule has 6 heteroatoms. The number of hydrogen-bond donors (Lipinski definition) is 0. The number of ether oxygens (including phenoxy) is 2. The molecular formula is C24H36F2O4. The summed E-state index contributed by atoms with van der Waals surface area (Å²) in [4.78, 5) is 23.3. The molecule has 170 valence electrons. The van der Waals surface area contributed by atoms with Crippen molar-refractivity contribution in [1.29, 1.82) is 0 Å². The Hall–Kier alpha value is -1.98. The van der Waals surface area contributed by atoms with Crippen molar-refractivity contribution in [3.63, 3.8) is 0 Å². The summed E-state index contributed by atoms with van der Waals surface area (Å²) >= 11 is 0. The summed E-state index contributed by atoms with van der Waals surface area (Å²) < 4.78 is 36.1. The quantitative estimate of drug-likeness (QED) is 0.207. The average Bonchev–Trinajstić information content (AvgIpc) is 2.73. The molecule has 0 radical (unpaired) electrons. The maximum Gasteiger partial charge on any atom is 0.306 e. The van der Waals surface area contributed by atoms with Crippen LogP contribution in [0.2, 0.25) is 0 Å². The zero-order chi connectivity index (χ0) is 22.0. The number of esters is 2. The van der Waals surface area contributed by atoms with Gasteiger partial charge in [-0.3, -0.25) is 9.59 Å².